The normalized spacial score (nSPS) is 17.0. The fourth-order valence-corrected chi connectivity index (χ4v) is 3.09. The molecular formula is C17H27N7. The molecule has 7 heteroatoms. The van der Waals surface area contributed by atoms with E-state index in [9.17, 15) is 0 Å². The van der Waals surface area contributed by atoms with Crippen molar-refractivity contribution in [1.82, 2.24) is 30.1 Å². The van der Waals surface area contributed by atoms with Gasteiger partial charge in [0, 0.05) is 26.3 Å². The maximum absolute atomic E-state index is 4.29. The van der Waals surface area contributed by atoms with E-state index in [1.165, 1.54) is 38.8 Å². The summed E-state index contributed by atoms with van der Waals surface area (Å²) in [6.45, 7) is 5.00. The van der Waals surface area contributed by atoms with Gasteiger partial charge in [0.2, 0.25) is 0 Å². The van der Waals surface area contributed by atoms with Gasteiger partial charge in [0.1, 0.15) is 0 Å². The number of guanidine groups is 1. The van der Waals surface area contributed by atoms with Gasteiger partial charge in [-0.1, -0.05) is 18.9 Å². The molecule has 0 aliphatic carbocycles. The summed E-state index contributed by atoms with van der Waals surface area (Å²) in [4.78, 5) is 6.83. The van der Waals surface area contributed by atoms with Crippen molar-refractivity contribution in [1.29, 1.82) is 0 Å². The Morgan fingerprint density at radius 2 is 1.96 bits per heavy atom. The highest BCUT2D eigenvalue weighted by molar-refractivity contribution is 5.79. The number of nitrogens with one attached hydrogen (secondary N) is 2. The Balaban J connectivity index is 1.45. The molecule has 1 saturated heterocycles. The molecule has 3 rings (SSSR count). The molecule has 0 bridgehead atoms. The first kappa shape index (κ1) is 16.7. The minimum atomic E-state index is 0.592. The number of likely N-dealkylation sites (tertiary alicyclic amines) is 1. The molecule has 0 unspecified atom stereocenters. The fourth-order valence-electron chi connectivity index (χ4n) is 3.09. The molecule has 0 amide bonds. The number of rotatable bonds is 5. The van der Waals surface area contributed by atoms with Crippen molar-refractivity contribution in [2.75, 3.05) is 33.2 Å². The van der Waals surface area contributed by atoms with Crippen LogP contribution in [0.25, 0.3) is 5.65 Å². The molecule has 0 atom stereocenters. The zero-order valence-electron chi connectivity index (χ0n) is 14.4. The van der Waals surface area contributed by atoms with Crippen LogP contribution in [-0.4, -0.2) is 58.7 Å². The van der Waals surface area contributed by atoms with Crippen LogP contribution in [0.3, 0.4) is 0 Å². The molecule has 130 valence electrons. The van der Waals surface area contributed by atoms with E-state index in [-0.39, 0.29) is 0 Å². The Labute approximate surface area is 143 Å². The molecule has 2 aromatic rings. The third-order valence-electron chi connectivity index (χ3n) is 4.44. The van der Waals surface area contributed by atoms with E-state index in [4.69, 9.17) is 0 Å². The number of aromatic nitrogens is 3. The lowest BCUT2D eigenvalue weighted by Gasteiger charge is -2.20. The number of fused-ring (bicyclic) bond motifs is 1. The second-order valence-corrected chi connectivity index (χ2v) is 6.15. The molecule has 3 heterocycles. The second kappa shape index (κ2) is 8.63. The first-order valence-corrected chi connectivity index (χ1v) is 8.82. The summed E-state index contributed by atoms with van der Waals surface area (Å²) < 4.78 is 1.98. The van der Waals surface area contributed by atoms with Crippen LogP contribution in [0.5, 0.6) is 0 Å². The highest BCUT2D eigenvalue weighted by Crippen LogP contribution is 2.08. The molecule has 2 N–H and O–H groups in total. The topological polar surface area (TPSA) is 69.8 Å². The monoisotopic (exact) mass is 329 g/mol. The van der Waals surface area contributed by atoms with Gasteiger partial charge in [-0.3, -0.25) is 9.39 Å². The van der Waals surface area contributed by atoms with Crippen LogP contribution >= 0.6 is 0 Å². The Kier molecular flexibility index (Phi) is 6.01. The molecule has 24 heavy (non-hydrogen) atoms. The van der Waals surface area contributed by atoms with Crippen molar-refractivity contribution in [2.24, 2.45) is 4.99 Å². The maximum atomic E-state index is 4.29. The highest BCUT2D eigenvalue weighted by atomic mass is 15.3. The molecular weight excluding hydrogens is 302 g/mol. The quantitative estimate of drug-likeness (QED) is 0.639. The zero-order valence-corrected chi connectivity index (χ0v) is 14.4. The molecule has 1 fully saturated rings. The summed E-state index contributed by atoms with van der Waals surface area (Å²) in [6.07, 6.45) is 7.38. The van der Waals surface area contributed by atoms with E-state index in [0.29, 0.717) is 6.54 Å². The molecule has 1 aliphatic rings. The summed E-state index contributed by atoms with van der Waals surface area (Å²) >= 11 is 0. The van der Waals surface area contributed by atoms with E-state index >= 15 is 0 Å². The molecule has 2 aromatic heterocycles. The van der Waals surface area contributed by atoms with Gasteiger partial charge in [-0.05, 0) is 38.1 Å². The third kappa shape index (κ3) is 4.44. The van der Waals surface area contributed by atoms with Crippen LogP contribution in [0.1, 0.15) is 31.5 Å². The van der Waals surface area contributed by atoms with Crippen LogP contribution < -0.4 is 10.6 Å². The predicted octanol–water partition coefficient (Wildman–Crippen LogP) is 1.27. The molecule has 0 radical (unpaired) electrons. The smallest absolute Gasteiger partial charge is 0.191 e. The SMILES string of the molecule is CN=C(NCCN1CCCCCC1)NCc1nnc2ccccn12. The van der Waals surface area contributed by atoms with Crippen molar-refractivity contribution in [3.8, 4) is 0 Å². The molecule has 0 aromatic carbocycles. The maximum Gasteiger partial charge on any atom is 0.191 e. The van der Waals surface area contributed by atoms with Crippen LogP contribution in [0.4, 0.5) is 0 Å². The fraction of sp³-hybridized carbons (Fsp3) is 0.588. The number of hydrogen-bond acceptors (Lipinski definition) is 4. The summed E-state index contributed by atoms with van der Waals surface area (Å²) in [5.41, 5.74) is 0.860. The van der Waals surface area contributed by atoms with Gasteiger partial charge in [-0.2, -0.15) is 0 Å². The molecule has 0 spiro atoms. The van der Waals surface area contributed by atoms with Gasteiger partial charge in [-0.25, -0.2) is 0 Å². The second-order valence-electron chi connectivity index (χ2n) is 6.15. The lowest BCUT2D eigenvalue weighted by atomic mass is 10.2. The number of hydrogen-bond donors (Lipinski definition) is 2. The minimum Gasteiger partial charge on any atom is -0.355 e. The number of nitrogens with zero attached hydrogens (tertiary/aromatic N) is 5. The van der Waals surface area contributed by atoms with Crippen molar-refractivity contribution >= 4 is 11.6 Å². The van der Waals surface area contributed by atoms with Crippen molar-refractivity contribution in [3.63, 3.8) is 0 Å². The van der Waals surface area contributed by atoms with Gasteiger partial charge in [0.25, 0.3) is 0 Å². The average Bonchev–Trinajstić information content (AvgIpc) is 2.84. The predicted molar refractivity (Wildman–Crippen MR) is 96.1 cm³/mol. The lowest BCUT2D eigenvalue weighted by molar-refractivity contribution is 0.289. The summed E-state index contributed by atoms with van der Waals surface area (Å²) in [5.74, 6) is 1.68. The third-order valence-corrected chi connectivity index (χ3v) is 4.44. The molecule has 1 aliphatic heterocycles. The Hall–Kier alpha value is -2.15. The van der Waals surface area contributed by atoms with E-state index in [1.54, 1.807) is 7.05 Å². The molecule has 0 saturated carbocycles. The van der Waals surface area contributed by atoms with Gasteiger partial charge in [-0.15, -0.1) is 10.2 Å². The van der Waals surface area contributed by atoms with E-state index in [1.807, 2.05) is 28.8 Å². The Morgan fingerprint density at radius 1 is 1.12 bits per heavy atom. The van der Waals surface area contributed by atoms with Gasteiger partial charge < -0.3 is 15.5 Å². The first-order chi connectivity index (χ1) is 11.9. The number of pyridine rings is 1. The lowest BCUT2D eigenvalue weighted by Crippen LogP contribution is -2.41. The van der Waals surface area contributed by atoms with Crippen LogP contribution in [0, 0.1) is 0 Å². The van der Waals surface area contributed by atoms with Gasteiger partial charge in [0.05, 0.1) is 6.54 Å². The minimum absolute atomic E-state index is 0.592. The van der Waals surface area contributed by atoms with Gasteiger partial charge in [0.15, 0.2) is 17.4 Å². The Bertz CT molecular complexity index is 656. The molecule has 7 nitrogen and oxygen atoms in total. The number of aliphatic imine (C=N–C) groups is 1. The van der Waals surface area contributed by atoms with Crippen LogP contribution in [0.2, 0.25) is 0 Å². The van der Waals surface area contributed by atoms with Gasteiger partial charge >= 0.3 is 0 Å². The summed E-state index contributed by atoms with van der Waals surface area (Å²) in [7, 11) is 1.79. The first-order valence-electron chi connectivity index (χ1n) is 8.82. The van der Waals surface area contributed by atoms with Crippen molar-refractivity contribution in [3.05, 3.63) is 30.2 Å². The standard InChI is InChI=1S/C17H27N7/c1-18-17(19-9-13-23-10-5-2-3-6-11-23)20-14-16-22-21-15-8-4-7-12-24(15)16/h4,7-8,12H,2-3,5-6,9-11,13-14H2,1H3,(H2,18,19,20). The zero-order chi connectivity index (χ0) is 16.6. The largest absolute Gasteiger partial charge is 0.355 e. The van der Waals surface area contributed by atoms with E-state index in [2.05, 4.69) is 30.7 Å². The van der Waals surface area contributed by atoms with E-state index in [0.717, 1.165) is 30.5 Å². The van der Waals surface area contributed by atoms with Crippen LogP contribution in [-0.2, 0) is 6.54 Å². The summed E-state index contributed by atoms with van der Waals surface area (Å²) in [6, 6.07) is 5.89. The Morgan fingerprint density at radius 3 is 2.75 bits per heavy atom. The van der Waals surface area contributed by atoms with Crippen molar-refractivity contribution < 1.29 is 0 Å². The summed E-state index contributed by atoms with van der Waals surface area (Å²) in [5, 5.41) is 15.1. The van der Waals surface area contributed by atoms with Crippen LogP contribution in [0.15, 0.2) is 29.4 Å². The van der Waals surface area contributed by atoms with E-state index < -0.39 is 0 Å². The van der Waals surface area contributed by atoms with Crippen molar-refractivity contribution in [2.45, 2.75) is 32.2 Å². The average molecular weight is 329 g/mol. The highest BCUT2D eigenvalue weighted by Gasteiger charge is 2.09.